The molecule has 2 aromatic carbocycles. The first-order valence-electron chi connectivity index (χ1n) is 11.2. The number of alkyl halides is 3. The maximum Gasteiger partial charge on any atom is 0.416 e. The number of nitriles is 1. The van der Waals surface area contributed by atoms with Crippen LogP contribution >= 0.6 is 12.2 Å². The fraction of sp³-hybridized carbons (Fsp3) is 0.346. The smallest absolute Gasteiger partial charge is 0.358 e. The average Bonchev–Trinajstić information content (AvgIpc) is 3.22. The molecule has 0 fully saturated rings. The van der Waals surface area contributed by atoms with Crippen molar-refractivity contribution < 1.29 is 13.2 Å². The number of aromatic nitrogens is 2. The van der Waals surface area contributed by atoms with Gasteiger partial charge < -0.3 is 14.8 Å². The van der Waals surface area contributed by atoms with Crippen molar-refractivity contribution in [2.24, 2.45) is 0 Å². The molecule has 5 nitrogen and oxygen atoms in total. The van der Waals surface area contributed by atoms with Crippen molar-refractivity contribution in [3.8, 4) is 6.07 Å². The van der Waals surface area contributed by atoms with Gasteiger partial charge in [0.1, 0.15) is 0 Å². The van der Waals surface area contributed by atoms with Crippen molar-refractivity contribution >= 4 is 17.3 Å². The average molecular weight is 500 g/mol. The standard InChI is InChI=1S/C26H28F3N5S/c1-25(2,3)32-24(35)33(17-21-6-4-5-7-23(21)26(27,28)29)13-12-22-15-31-18-34(22)16-20-10-8-19(14-30)9-11-20/h4-11,15,18H,12-13,16-17H2,1-3H3,(H,32,35). The van der Waals surface area contributed by atoms with Crippen LogP contribution in [-0.2, 0) is 25.7 Å². The third kappa shape index (κ3) is 7.55. The van der Waals surface area contributed by atoms with Crippen LogP contribution < -0.4 is 5.32 Å². The number of rotatable bonds is 7. The van der Waals surface area contributed by atoms with Crippen molar-refractivity contribution in [1.29, 1.82) is 5.26 Å². The summed E-state index contributed by atoms with van der Waals surface area (Å²) in [5.41, 5.74) is 1.72. The summed E-state index contributed by atoms with van der Waals surface area (Å²) in [6.07, 6.45) is -0.425. The highest BCUT2D eigenvalue weighted by molar-refractivity contribution is 7.80. The van der Waals surface area contributed by atoms with Gasteiger partial charge in [-0.05, 0) is 62.3 Å². The van der Waals surface area contributed by atoms with Crippen molar-refractivity contribution in [2.45, 2.75) is 52.0 Å². The Morgan fingerprint density at radius 2 is 1.80 bits per heavy atom. The van der Waals surface area contributed by atoms with Crippen LogP contribution in [0.1, 0.15) is 48.7 Å². The van der Waals surface area contributed by atoms with Gasteiger partial charge in [0.15, 0.2) is 5.11 Å². The van der Waals surface area contributed by atoms with E-state index in [2.05, 4.69) is 16.4 Å². The maximum atomic E-state index is 13.6. The molecule has 1 N–H and O–H groups in total. The van der Waals surface area contributed by atoms with Gasteiger partial charge in [-0.2, -0.15) is 18.4 Å². The molecule has 0 aliphatic heterocycles. The normalized spacial score (nSPS) is 11.7. The second kappa shape index (κ2) is 10.9. The molecule has 0 amide bonds. The zero-order valence-electron chi connectivity index (χ0n) is 19.9. The van der Waals surface area contributed by atoms with E-state index < -0.39 is 11.7 Å². The van der Waals surface area contributed by atoms with E-state index >= 15 is 0 Å². The molecule has 3 aromatic rings. The number of nitrogens with one attached hydrogen (secondary N) is 1. The molecule has 3 rings (SSSR count). The van der Waals surface area contributed by atoms with Gasteiger partial charge in [0.2, 0.25) is 0 Å². The van der Waals surface area contributed by atoms with Crippen molar-refractivity contribution in [3.63, 3.8) is 0 Å². The van der Waals surface area contributed by atoms with E-state index in [9.17, 15) is 13.2 Å². The third-order valence-corrected chi connectivity index (χ3v) is 5.69. The van der Waals surface area contributed by atoms with Crippen molar-refractivity contribution in [2.75, 3.05) is 6.54 Å². The highest BCUT2D eigenvalue weighted by Crippen LogP contribution is 2.32. The molecule has 0 saturated carbocycles. The molecule has 1 heterocycles. The summed E-state index contributed by atoms with van der Waals surface area (Å²) in [7, 11) is 0. The summed E-state index contributed by atoms with van der Waals surface area (Å²) < 4.78 is 42.8. The fourth-order valence-electron chi connectivity index (χ4n) is 3.62. The molecule has 0 bridgehead atoms. The van der Waals surface area contributed by atoms with Crippen LogP contribution in [0, 0.1) is 11.3 Å². The van der Waals surface area contributed by atoms with E-state index in [1.165, 1.54) is 12.1 Å². The Balaban J connectivity index is 1.79. The first-order valence-corrected chi connectivity index (χ1v) is 11.6. The predicted molar refractivity (Wildman–Crippen MR) is 134 cm³/mol. The zero-order chi connectivity index (χ0) is 25.6. The van der Waals surface area contributed by atoms with Crippen LogP contribution in [0.5, 0.6) is 0 Å². The molecule has 35 heavy (non-hydrogen) atoms. The van der Waals surface area contributed by atoms with Crippen LogP contribution in [0.3, 0.4) is 0 Å². The van der Waals surface area contributed by atoms with Crippen molar-refractivity contribution in [3.05, 3.63) is 89.0 Å². The van der Waals surface area contributed by atoms with E-state index in [1.54, 1.807) is 35.6 Å². The Morgan fingerprint density at radius 3 is 2.43 bits per heavy atom. The van der Waals surface area contributed by atoms with Gasteiger partial charge in [0.25, 0.3) is 0 Å². The molecular formula is C26H28F3N5S. The Kier molecular flexibility index (Phi) is 8.18. The number of imidazole rings is 1. The third-order valence-electron chi connectivity index (χ3n) is 5.33. The second-order valence-corrected chi connectivity index (χ2v) is 9.71. The summed E-state index contributed by atoms with van der Waals surface area (Å²) in [6.45, 7) is 6.87. The Hall–Kier alpha value is -3.38. The number of hydrogen-bond acceptors (Lipinski definition) is 3. The van der Waals surface area contributed by atoms with E-state index in [0.717, 1.165) is 17.3 Å². The Morgan fingerprint density at radius 1 is 1.11 bits per heavy atom. The first kappa shape index (κ1) is 26.2. The van der Waals surface area contributed by atoms with Gasteiger partial charge in [-0.25, -0.2) is 4.98 Å². The van der Waals surface area contributed by atoms with E-state index in [1.807, 2.05) is 37.5 Å². The lowest BCUT2D eigenvalue weighted by Gasteiger charge is -2.32. The molecule has 0 radical (unpaired) electrons. The predicted octanol–water partition coefficient (Wildman–Crippen LogP) is 5.54. The van der Waals surface area contributed by atoms with Gasteiger partial charge in [-0.3, -0.25) is 0 Å². The topological polar surface area (TPSA) is 56.9 Å². The summed E-state index contributed by atoms with van der Waals surface area (Å²) in [5, 5.41) is 12.6. The molecule has 0 saturated heterocycles. The minimum Gasteiger partial charge on any atom is -0.358 e. The van der Waals surface area contributed by atoms with Gasteiger partial charge in [0, 0.05) is 43.5 Å². The maximum absolute atomic E-state index is 13.6. The second-order valence-electron chi connectivity index (χ2n) is 9.33. The first-order chi connectivity index (χ1) is 16.5. The Labute approximate surface area is 209 Å². The Bertz CT molecular complexity index is 1190. The number of benzene rings is 2. The lowest BCUT2D eigenvalue weighted by atomic mass is 10.1. The van der Waals surface area contributed by atoms with Crippen LogP contribution in [0.2, 0.25) is 0 Å². The molecule has 0 atom stereocenters. The molecule has 0 unspecified atom stereocenters. The zero-order valence-corrected chi connectivity index (χ0v) is 20.7. The van der Waals surface area contributed by atoms with Gasteiger partial charge >= 0.3 is 6.18 Å². The summed E-state index contributed by atoms with van der Waals surface area (Å²) >= 11 is 5.60. The van der Waals surface area contributed by atoms with Gasteiger partial charge in [-0.1, -0.05) is 30.3 Å². The molecule has 0 aliphatic rings. The van der Waals surface area contributed by atoms with Crippen molar-refractivity contribution in [1.82, 2.24) is 19.8 Å². The van der Waals surface area contributed by atoms with Gasteiger partial charge in [0.05, 0.1) is 23.5 Å². The number of nitrogens with zero attached hydrogens (tertiary/aromatic N) is 4. The van der Waals surface area contributed by atoms with Gasteiger partial charge in [-0.15, -0.1) is 0 Å². The SMILES string of the molecule is CC(C)(C)NC(=S)N(CCc1cncn1Cc1ccc(C#N)cc1)Cc1ccccc1C(F)(F)F. The number of hydrogen-bond donors (Lipinski definition) is 1. The summed E-state index contributed by atoms with van der Waals surface area (Å²) in [4.78, 5) is 6.03. The summed E-state index contributed by atoms with van der Waals surface area (Å²) in [5.74, 6) is 0. The molecule has 184 valence electrons. The van der Waals surface area contributed by atoms with Crippen LogP contribution in [-0.4, -0.2) is 31.6 Å². The van der Waals surface area contributed by atoms with Crippen LogP contribution in [0.25, 0.3) is 0 Å². The lowest BCUT2D eigenvalue weighted by Crippen LogP contribution is -2.48. The monoisotopic (exact) mass is 499 g/mol. The molecular weight excluding hydrogens is 471 g/mol. The summed E-state index contributed by atoms with van der Waals surface area (Å²) in [6, 6.07) is 15.0. The quantitative estimate of drug-likeness (QED) is 0.433. The fourth-order valence-corrected chi connectivity index (χ4v) is 4.08. The molecule has 0 aliphatic carbocycles. The molecule has 1 aromatic heterocycles. The highest BCUT2D eigenvalue weighted by atomic mass is 32.1. The van der Waals surface area contributed by atoms with Crippen LogP contribution in [0.4, 0.5) is 13.2 Å². The molecule has 0 spiro atoms. The number of halogens is 3. The largest absolute Gasteiger partial charge is 0.416 e. The lowest BCUT2D eigenvalue weighted by molar-refractivity contribution is -0.138. The minimum atomic E-state index is -4.44. The van der Waals surface area contributed by atoms with E-state index in [-0.39, 0.29) is 17.6 Å². The molecule has 9 heteroatoms. The van der Waals surface area contributed by atoms with E-state index in [4.69, 9.17) is 17.5 Å². The van der Waals surface area contributed by atoms with Crippen LogP contribution in [0.15, 0.2) is 61.1 Å². The van der Waals surface area contributed by atoms with E-state index in [0.29, 0.717) is 30.2 Å². The minimum absolute atomic E-state index is 0.0291. The highest BCUT2D eigenvalue weighted by Gasteiger charge is 2.33. The number of thiocarbonyl (C=S) groups is 1.